The molecule has 0 aliphatic carbocycles. The fourth-order valence-electron chi connectivity index (χ4n) is 1.72. The second-order valence-electron chi connectivity index (χ2n) is 4.05. The van der Waals surface area contributed by atoms with Crippen LogP contribution in [-0.2, 0) is 7.05 Å². The Kier molecular flexibility index (Phi) is 4.44. The molecule has 1 aromatic heterocycles. The van der Waals surface area contributed by atoms with Gasteiger partial charge in [0.2, 0.25) is 5.88 Å². The Bertz CT molecular complexity index is 700. The fourth-order valence-corrected chi connectivity index (χ4v) is 2.53. The van der Waals surface area contributed by atoms with E-state index in [0.717, 1.165) is 0 Å². The Morgan fingerprint density at radius 2 is 1.85 bits per heavy atom. The minimum Gasteiger partial charge on any atom is -0.437 e. The van der Waals surface area contributed by atoms with Crippen LogP contribution in [0.1, 0.15) is 11.3 Å². The molecule has 0 spiro atoms. The fraction of sp³-hybridized carbons (Fsp3) is 0.167. The van der Waals surface area contributed by atoms with Crippen molar-refractivity contribution in [2.24, 2.45) is 12.8 Å². The summed E-state index contributed by atoms with van der Waals surface area (Å²) >= 11 is 22.9. The molecule has 0 aliphatic heterocycles. The van der Waals surface area contributed by atoms with E-state index >= 15 is 0 Å². The van der Waals surface area contributed by atoms with E-state index in [4.69, 9.17) is 57.5 Å². The van der Waals surface area contributed by atoms with Crippen LogP contribution < -0.4 is 10.5 Å². The van der Waals surface area contributed by atoms with Gasteiger partial charge in [0.1, 0.15) is 10.7 Å². The van der Waals surface area contributed by atoms with Gasteiger partial charge in [-0.25, -0.2) is 4.68 Å². The summed E-state index contributed by atoms with van der Waals surface area (Å²) in [5.74, 6) is 0.747. The zero-order valence-electron chi connectivity index (χ0n) is 10.6. The number of nitrogens with two attached hydrogens (primary N) is 1. The van der Waals surface area contributed by atoms with Gasteiger partial charge in [0, 0.05) is 13.1 Å². The van der Waals surface area contributed by atoms with E-state index in [-0.39, 0.29) is 4.99 Å². The third-order valence-electron chi connectivity index (χ3n) is 2.60. The summed E-state index contributed by atoms with van der Waals surface area (Å²) < 4.78 is 7.28. The molecular weight excluding hydrogens is 341 g/mol. The van der Waals surface area contributed by atoms with Gasteiger partial charge in [-0.05, 0) is 13.0 Å². The third kappa shape index (κ3) is 2.86. The highest BCUT2D eigenvalue weighted by molar-refractivity contribution is 7.80. The first-order chi connectivity index (χ1) is 9.31. The maximum absolute atomic E-state index is 6.08. The molecule has 0 amide bonds. The average Bonchev–Trinajstić information content (AvgIpc) is 2.61. The highest BCUT2D eigenvalue weighted by Gasteiger charge is 2.19. The van der Waals surface area contributed by atoms with Crippen molar-refractivity contribution < 1.29 is 4.74 Å². The van der Waals surface area contributed by atoms with Crippen LogP contribution >= 0.6 is 47.0 Å². The van der Waals surface area contributed by atoms with Gasteiger partial charge < -0.3 is 10.5 Å². The van der Waals surface area contributed by atoms with Gasteiger partial charge in [-0.15, -0.1) is 0 Å². The molecule has 20 heavy (non-hydrogen) atoms. The molecule has 4 nitrogen and oxygen atoms in total. The topological polar surface area (TPSA) is 53.1 Å². The van der Waals surface area contributed by atoms with Crippen molar-refractivity contribution in [3.8, 4) is 11.6 Å². The predicted molar refractivity (Wildman–Crippen MR) is 85.4 cm³/mol. The molecule has 2 aromatic rings. The summed E-state index contributed by atoms with van der Waals surface area (Å²) in [4.78, 5) is 0.196. The number of ether oxygens (including phenoxy) is 1. The van der Waals surface area contributed by atoms with Gasteiger partial charge in [0.15, 0.2) is 0 Å². The van der Waals surface area contributed by atoms with Crippen molar-refractivity contribution in [1.29, 1.82) is 0 Å². The van der Waals surface area contributed by atoms with Gasteiger partial charge >= 0.3 is 0 Å². The first-order valence-corrected chi connectivity index (χ1v) is 7.01. The molecule has 0 saturated carbocycles. The van der Waals surface area contributed by atoms with Crippen LogP contribution in [0.4, 0.5) is 0 Å². The molecule has 1 aromatic carbocycles. The number of aryl methyl sites for hydroxylation is 2. The van der Waals surface area contributed by atoms with E-state index in [2.05, 4.69) is 5.10 Å². The minimum absolute atomic E-state index is 0.196. The van der Waals surface area contributed by atoms with Crippen molar-refractivity contribution in [2.75, 3.05) is 0 Å². The zero-order chi connectivity index (χ0) is 15.0. The lowest BCUT2D eigenvalue weighted by molar-refractivity contribution is 0.430. The number of hydrogen-bond acceptors (Lipinski definition) is 3. The van der Waals surface area contributed by atoms with Gasteiger partial charge in [-0.3, -0.25) is 0 Å². The molecule has 0 unspecified atom stereocenters. The van der Waals surface area contributed by atoms with Crippen molar-refractivity contribution in [1.82, 2.24) is 9.78 Å². The van der Waals surface area contributed by atoms with Crippen LogP contribution in [0.25, 0.3) is 0 Å². The molecular formula is C12H10Cl3N3OS. The van der Waals surface area contributed by atoms with Crippen molar-refractivity contribution in [2.45, 2.75) is 6.92 Å². The predicted octanol–water partition coefficient (Wildman–Crippen LogP) is 4.12. The second-order valence-corrected chi connectivity index (χ2v) is 5.71. The highest BCUT2D eigenvalue weighted by atomic mass is 35.5. The first kappa shape index (κ1) is 15.4. The minimum atomic E-state index is 0.196. The summed E-state index contributed by atoms with van der Waals surface area (Å²) in [5.41, 5.74) is 6.92. The third-order valence-corrected chi connectivity index (χ3v) is 3.82. The Balaban J connectivity index is 2.50. The van der Waals surface area contributed by atoms with Crippen molar-refractivity contribution in [3.63, 3.8) is 0 Å². The average molecular weight is 351 g/mol. The van der Waals surface area contributed by atoms with Gasteiger partial charge in [-0.1, -0.05) is 47.0 Å². The Morgan fingerprint density at radius 1 is 1.25 bits per heavy atom. The number of thiocarbonyl (C=S) groups is 1. The molecule has 0 fully saturated rings. The normalized spacial score (nSPS) is 10.7. The molecule has 1 heterocycles. The Labute approximate surface area is 136 Å². The van der Waals surface area contributed by atoms with Crippen LogP contribution in [0.3, 0.4) is 0 Å². The number of benzene rings is 1. The molecule has 2 rings (SSSR count). The Morgan fingerprint density at radius 3 is 2.45 bits per heavy atom. The number of hydrogen-bond donors (Lipinski definition) is 1. The number of aromatic nitrogens is 2. The lowest BCUT2D eigenvalue weighted by Gasteiger charge is -2.10. The molecule has 0 bridgehead atoms. The van der Waals surface area contributed by atoms with Crippen LogP contribution in [0.2, 0.25) is 15.1 Å². The van der Waals surface area contributed by atoms with E-state index in [1.807, 2.05) is 0 Å². The lowest BCUT2D eigenvalue weighted by Crippen LogP contribution is -2.11. The molecule has 106 valence electrons. The zero-order valence-corrected chi connectivity index (χ0v) is 13.7. The van der Waals surface area contributed by atoms with Gasteiger partial charge in [0.05, 0.1) is 26.3 Å². The van der Waals surface area contributed by atoms with E-state index in [9.17, 15) is 0 Å². The van der Waals surface area contributed by atoms with E-state index in [0.29, 0.717) is 38.0 Å². The molecule has 8 heteroatoms. The van der Waals surface area contributed by atoms with Crippen LogP contribution in [-0.4, -0.2) is 14.8 Å². The maximum Gasteiger partial charge on any atom is 0.228 e. The summed E-state index contributed by atoms with van der Waals surface area (Å²) in [6.07, 6.45) is 0. The highest BCUT2D eigenvalue weighted by Crippen LogP contribution is 2.37. The summed E-state index contributed by atoms with van der Waals surface area (Å²) in [7, 11) is 1.72. The molecule has 0 atom stereocenters. The van der Waals surface area contributed by atoms with Crippen molar-refractivity contribution >= 4 is 52.0 Å². The number of nitrogens with zero attached hydrogens (tertiary/aromatic N) is 2. The smallest absolute Gasteiger partial charge is 0.228 e. The quantitative estimate of drug-likeness (QED) is 0.668. The van der Waals surface area contributed by atoms with Gasteiger partial charge in [0.25, 0.3) is 0 Å². The van der Waals surface area contributed by atoms with E-state index in [1.165, 1.54) is 16.8 Å². The molecule has 0 saturated heterocycles. The number of halogens is 3. The summed E-state index contributed by atoms with van der Waals surface area (Å²) in [6.45, 7) is 1.79. The standard InChI is InChI=1S/C12H10Cl3N3OS/c1-5-10(11(16)20)12(18(2)17-5)19-9-4-7(14)6(13)3-8(9)15/h3-4H,1-2H3,(H2,16,20). The lowest BCUT2D eigenvalue weighted by atomic mass is 10.2. The maximum atomic E-state index is 6.08. The summed E-state index contributed by atoms with van der Waals surface area (Å²) in [6, 6.07) is 3.03. The Hall–Kier alpha value is -1.01. The molecule has 0 aliphatic rings. The molecule has 2 N–H and O–H groups in total. The largest absolute Gasteiger partial charge is 0.437 e. The molecule has 0 radical (unpaired) electrons. The SMILES string of the molecule is Cc1nn(C)c(Oc2cc(Cl)c(Cl)cc2Cl)c1C(N)=S. The first-order valence-electron chi connectivity index (χ1n) is 5.47. The number of rotatable bonds is 3. The van der Waals surface area contributed by atoms with E-state index < -0.39 is 0 Å². The second kappa shape index (κ2) is 5.77. The summed E-state index contributed by atoms with van der Waals surface area (Å²) in [5, 5.41) is 5.23. The van der Waals surface area contributed by atoms with Crippen molar-refractivity contribution in [3.05, 3.63) is 38.5 Å². The van der Waals surface area contributed by atoms with Crippen LogP contribution in [0.15, 0.2) is 12.1 Å². The van der Waals surface area contributed by atoms with Gasteiger partial charge in [-0.2, -0.15) is 5.10 Å². The monoisotopic (exact) mass is 349 g/mol. The van der Waals surface area contributed by atoms with Crippen LogP contribution in [0.5, 0.6) is 11.6 Å². The van der Waals surface area contributed by atoms with Crippen LogP contribution in [0, 0.1) is 6.92 Å². The van der Waals surface area contributed by atoms with E-state index in [1.54, 1.807) is 14.0 Å².